The molecule has 0 heterocycles. The van der Waals surface area contributed by atoms with Gasteiger partial charge < -0.3 is 10.4 Å². The van der Waals surface area contributed by atoms with Crippen LogP contribution in [0.1, 0.15) is 20.8 Å². The molecule has 2 N–H and O–H groups in total. The molecule has 0 fully saturated rings. The molecular weight excluding hydrogens is 264 g/mol. The van der Waals surface area contributed by atoms with Gasteiger partial charge in [0, 0.05) is 6.54 Å². The van der Waals surface area contributed by atoms with Gasteiger partial charge in [-0.05, 0) is 25.0 Å². The first kappa shape index (κ1) is 14.6. The van der Waals surface area contributed by atoms with Gasteiger partial charge in [-0.3, -0.25) is 0 Å². The molecule has 1 atom stereocenters. The Morgan fingerprint density at radius 2 is 1.82 bits per heavy atom. The van der Waals surface area contributed by atoms with Gasteiger partial charge >= 0.3 is 0 Å². The Bertz CT molecular complexity index is 384. The molecule has 0 aromatic heterocycles. The van der Waals surface area contributed by atoms with E-state index in [0.29, 0.717) is 5.69 Å². The van der Waals surface area contributed by atoms with Crippen LogP contribution in [0.2, 0.25) is 10.0 Å². The number of aliphatic hydroxyl groups is 1. The van der Waals surface area contributed by atoms with Crippen LogP contribution in [0.3, 0.4) is 0 Å². The van der Waals surface area contributed by atoms with Crippen molar-refractivity contribution in [2.45, 2.75) is 26.4 Å². The fraction of sp³-hybridized carbons (Fsp3) is 0.500. The van der Waals surface area contributed by atoms with E-state index in [4.69, 9.17) is 23.2 Å². The topological polar surface area (TPSA) is 32.3 Å². The fourth-order valence-electron chi connectivity index (χ4n) is 1.18. The average molecular weight is 280 g/mol. The van der Waals surface area contributed by atoms with Gasteiger partial charge in [0.05, 0.1) is 21.3 Å². The van der Waals surface area contributed by atoms with Gasteiger partial charge in [-0.15, -0.1) is 0 Å². The number of halogens is 3. The number of hydrogen-bond donors (Lipinski definition) is 2. The van der Waals surface area contributed by atoms with Crippen molar-refractivity contribution in [3.05, 3.63) is 28.0 Å². The minimum absolute atomic E-state index is 0.0769. The zero-order valence-corrected chi connectivity index (χ0v) is 11.5. The first-order valence-electron chi connectivity index (χ1n) is 5.35. The van der Waals surface area contributed by atoms with Crippen molar-refractivity contribution < 1.29 is 9.50 Å². The van der Waals surface area contributed by atoms with Gasteiger partial charge in [-0.25, -0.2) is 4.39 Å². The summed E-state index contributed by atoms with van der Waals surface area (Å²) in [5, 5.41) is 13.4. The number of rotatable bonds is 4. The third-order valence-electron chi connectivity index (χ3n) is 2.87. The van der Waals surface area contributed by atoms with Gasteiger partial charge in [0.2, 0.25) is 0 Å². The summed E-state index contributed by atoms with van der Waals surface area (Å²) in [6, 6.07) is 2.36. The minimum atomic E-state index is -0.888. The number of benzene rings is 1. The normalized spacial score (nSPS) is 14.8. The Balaban J connectivity index is 2.83. The third-order valence-corrected chi connectivity index (χ3v) is 3.47. The van der Waals surface area contributed by atoms with E-state index in [9.17, 15) is 9.50 Å². The zero-order chi connectivity index (χ0) is 13.2. The molecule has 1 aromatic rings. The monoisotopic (exact) mass is 279 g/mol. The van der Waals surface area contributed by atoms with E-state index in [1.54, 1.807) is 6.92 Å². The van der Waals surface area contributed by atoms with Crippen LogP contribution in [0.15, 0.2) is 12.1 Å². The Morgan fingerprint density at radius 3 is 2.24 bits per heavy atom. The molecule has 0 saturated carbocycles. The Hall–Kier alpha value is -0.510. The molecule has 0 bridgehead atoms. The van der Waals surface area contributed by atoms with Gasteiger partial charge in [0.15, 0.2) is 0 Å². The van der Waals surface area contributed by atoms with E-state index < -0.39 is 11.4 Å². The second kappa shape index (κ2) is 5.42. The molecule has 96 valence electrons. The van der Waals surface area contributed by atoms with Crippen molar-refractivity contribution in [2.75, 3.05) is 11.9 Å². The number of anilines is 1. The predicted octanol–water partition coefficient (Wildman–Crippen LogP) is 3.95. The molecule has 5 heteroatoms. The van der Waals surface area contributed by atoms with Crippen LogP contribution in [-0.4, -0.2) is 17.3 Å². The summed E-state index contributed by atoms with van der Waals surface area (Å²) in [6.45, 7) is 5.83. The summed E-state index contributed by atoms with van der Waals surface area (Å²) in [5.41, 5.74) is -0.447. The van der Waals surface area contributed by atoms with E-state index in [2.05, 4.69) is 5.32 Å². The summed E-state index contributed by atoms with van der Waals surface area (Å²) >= 11 is 11.7. The fourth-order valence-corrected chi connectivity index (χ4v) is 1.78. The Labute approximate surface area is 111 Å². The molecule has 0 radical (unpaired) electrons. The first-order valence-corrected chi connectivity index (χ1v) is 6.10. The van der Waals surface area contributed by atoms with E-state index >= 15 is 0 Å². The molecular formula is C12H16Cl2FNO. The molecule has 0 spiro atoms. The summed E-state index contributed by atoms with van der Waals surface area (Å²) in [6.07, 6.45) is 0. The Morgan fingerprint density at radius 1 is 1.35 bits per heavy atom. The molecule has 0 aliphatic carbocycles. The molecule has 1 aromatic carbocycles. The van der Waals surface area contributed by atoms with Gasteiger partial charge in [0.25, 0.3) is 0 Å². The highest BCUT2D eigenvalue weighted by Gasteiger charge is 2.25. The smallest absolute Gasteiger partial charge is 0.126 e. The summed E-state index contributed by atoms with van der Waals surface area (Å²) in [5.74, 6) is -0.408. The van der Waals surface area contributed by atoms with E-state index in [1.165, 1.54) is 12.1 Å². The molecule has 0 aliphatic heterocycles. The lowest BCUT2D eigenvalue weighted by Gasteiger charge is -2.28. The summed E-state index contributed by atoms with van der Waals surface area (Å²) in [4.78, 5) is 0. The number of nitrogens with one attached hydrogen (secondary N) is 1. The van der Waals surface area contributed by atoms with Crippen LogP contribution in [0, 0.1) is 11.7 Å². The Kier molecular flexibility index (Phi) is 4.64. The van der Waals surface area contributed by atoms with Crippen molar-refractivity contribution in [2.24, 2.45) is 5.92 Å². The van der Waals surface area contributed by atoms with Crippen LogP contribution in [-0.2, 0) is 0 Å². The molecule has 1 rings (SSSR count). The maximum atomic E-state index is 13.0. The lowest BCUT2D eigenvalue weighted by molar-refractivity contribution is 0.0266. The zero-order valence-electron chi connectivity index (χ0n) is 10.0. The van der Waals surface area contributed by atoms with Gasteiger partial charge in [-0.2, -0.15) is 0 Å². The lowest BCUT2D eigenvalue weighted by Crippen LogP contribution is -2.38. The molecule has 0 aliphatic rings. The van der Waals surface area contributed by atoms with Crippen molar-refractivity contribution in [1.82, 2.24) is 0 Å². The lowest BCUT2D eigenvalue weighted by atomic mass is 9.92. The highest BCUT2D eigenvalue weighted by atomic mass is 35.5. The standard InChI is InChI=1S/C12H16Cl2FNO/c1-7(2)12(3,17)6-16-11-9(13)4-8(15)5-10(11)14/h4-5,7,16-17H,6H2,1-3H3. The van der Waals surface area contributed by atoms with Crippen LogP contribution < -0.4 is 5.32 Å². The molecule has 17 heavy (non-hydrogen) atoms. The SMILES string of the molecule is CC(C)C(C)(O)CNc1c(Cl)cc(F)cc1Cl. The maximum Gasteiger partial charge on any atom is 0.126 e. The van der Waals surface area contributed by atoms with Crippen LogP contribution >= 0.6 is 23.2 Å². The summed E-state index contributed by atoms with van der Waals surface area (Å²) < 4.78 is 13.0. The second-order valence-electron chi connectivity index (χ2n) is 4.61. The molecule has 2 nitrogen and oxygen atoms in total. The second-order valence-corrected chi connectivity index (χ2v) is 5.42. The van der Waals surface area contributed by atoms with E-state index in [0.717, 1.165) is 0 Å². The van der Waals surface area contributed by atoms with Crippen molar-refractivity contribution >= 4 is 28.9 Å². The molecule has 0 amide bonds. The van der Waals surface area contributed by atoms with E-state index in [-0.39, 0.29) is 22.5 Å². The van der Waals surface area contributed by atoms with Crippen LogP contribution in [0.4, 0.5) is 10.1 Å². The maximum absolute atomic E-state index is 13.0. The van der Waals surface area contributed by atoms with Crippen molar-refractivity contribution in [1.29, 1.82) is 0 Å². The minimum Gasteiger partial charge on any atom is -0.388 e. The highest BCUT2D eigenvalue weighted by Crippen LogP contribution is 2.32. The first-order chi connectivity index (χ1) is 7.74. The average Bonchev–Trinajstić information content (AvgIpc) is 2.15. The third kappa shape index (κ3) is 3.73. The van der Waals surface area contributed by atoms with Crippen LogP contribution in [0.25, 0.3) is 0 Å². The molecule has 1 unspecified atom stereocenters. The molecule has 0 saturated heterocycles. The van der Waals surface area contributed by atoms with Crippen molar-refractivity contribution in [3.63, 3.8) is 0 Å². The number of hydrogen-bond acceptors (Lipinski definition) is 2. The largest absolute Gasteiger partial charge is 0.388 e. The van der Waals surface area contributed by atoms with Gasteiger partial charge in [-0.1, -0.05) is 37.0 Å². The summed E-state index contributed by atoms with van der Waals surface area (Å²) in [7, 11) is 0. The van der Waals surface area contributed by atoms with Crippen molar-refractivity contribution in [3.8, 4) is 0 Å². The highest BCUT2D eigenvalue weighted by molar-refractivity contribution is 6.39. The predicted molar refractivity (Wildman–Crippen MR) is 70.4 cm³/mol. The van der Waals surface area contributed by atoms with Gasteiger partial charge in [0.1, 0.15) is 5.82 Å². The quantitative estimate of drug-likeness (QED) is 0.875. The van der Waals surface area contributed by atoms with E-state index in [1.807, 2.05) is 13.8 Å². The van der Waals surface area contributed by atoms with Crippen LogP contribution in [0.5, 0.6) is 0 Å².